The van der Waals surface area contributed by atoms with Gasteiger partial charge in [-0.05, 0) is 72.8 Å². The molecule has 6 aromatic rings. The average molecular weight is 623 g/mol. The summed E-state index contributed by atoms with van der Waals surface area (Å²) in [6.07, 6.45) is 7.39. The van der Waals surface area contributed by atoms with Crippen LogP contribution < -0.4 is 0 Å². The topological polar surface area (TPSA) is 97.7 Å². The van der Waals surface area contributed by atoms with Gasteiger partial charge in [0, 0.05) is 27.7 Å². The SMILES string of the molecule is O=C(c1ccccc1)c1c(C(=O)c2ccccc2)c2cc3nc(cc4ccc(cc5nc(cc1n2C(=O)c1ccccc1)C=C5)[nH]4)C=C3. The number of H-pyrrole nitrogens is 1. The molecule has 0 saturated heterocycles. The molecule has 0 atom stereocenters. The molecule has 8 bridgehead atoms. The Labute approximate surface area is 275 Å². The van der Waals surface area contributed by atoms with Crippen LogP contribution in [-0.2, 0) is 0 Å². The van der Waals surface area contributed by atoms with Crippen LogP contribution in [0.5, 0.6) is 0 Å². The van der Waals surface area contributed by atoms with Crippen molar-refractivity contribution in [1.82, 2.24) is 19.5 Å². The Balaban J connectivity index is 1.58. The Morgan fingerprint density at radius 3 is 1.25 bits per heavy atom. The van der Waals surface area contributed by atoms with E-state index in [-0.39, 0.29) is 22.2 Å². The molecule has 48 heavy (non-hydrogen) atoms. The van der Waals surface area contributed by atoms with Crippen molar-refractivity contribution in [3.05, 3.63) is 178 Å². The first-order valence-corrected chi connectivity index (χ1v) is 15.5. The highest BCUT2D eigenvalue weighted by atomic mass is 16.2. The quantitative estimate of drug-likeness (QED) is 0.195. The van der Waals surface area contributed by atoms with Crippen LogP contribution in [0.25, 0.3) is 46.4 Å². The average Bonchev–Trinajstić information content (AvgIpc) is 3.93. The Bertz CT molecular complexity index is 2340. The zero-order valence-electron chi connectivity index (χ0n) is 25.5. The lowest BCUT2D eigenvalue weighted by molar-refractivity contribution is 0.0969. The largest absolute Gasteiger partial charge is 0.355 e. The fourth-order valence-corrected chi connectivity index (χ4v) is 6.05. The summed E-state index contributed by atoms with van der Waals surface area (Å²) < 4.78 is 1.46. The number of aromatic amines is 1. The number of rotatable bonds is 5. The molecule has 3 aromatic heterocycles. The lowest BCUT2D eigenvalue weighted by Gasteiger charge is -2.06. The van der Waals surface area contributed by atoms with E-state index in [1.54, 1.807) is 84.9 Å². The minimum atomic E-state index is -0.405. The summed E-state index contributed by atoms with van der Waals surface area (Å²) in [4.78, 5) is 57.0. The Kier molecular flexibility index (Phi) is 7.12. The molecular formula is C41H26N4O3. The van der Waals surface area contributed by atoms with Crippen LogP contribution in [-0.4, -0.2) is 37.0 Å². The maximum Gasteiger partial charge on any atom is 0.262 e. The maximum atomic E-state index is 14.7. The normalized spacial score (nSPS) is 11.8. The second-order valence-electron chi connectivity index (χ2n) is 11.5. The third kappa shape index (κ3) is 5.29. The van der Waals surface area contributed by atoms with Gasteiger partial charge in [-0.2, -0.15) is 0 Å². The van der Waals surface area contributed by atoms with Crippen molar-refractivity contribution in [2.24, 2.45) is 0 Å². The van der Waals surface area contributed by atoms with E-state index in [9.17, 15) is 14.4 Å². The molecule has 2 aliphatic rings. The number of carbonyl (C=O) groups is 3. The first-order chi connectivity index (χ1) is 23.5. The van der Waals surface area contributed by atoms with E-state index >= 15 is 0 Å². The van der Waals surface area contributed by atoms with Gasteiger partial charge in [0.15, 0.2) is 11.6 Å². The molecule has 3 aromatic carbocycles. The molecule has 0 radical (unpaired) electrons. The van der Waals surface area contributed by atoms with Crippen molar-refractivity contribution in [2.75, 3.05) is 0 Å². The molecule has 5 heterocycles. The number of fused-ring (bicyclic) bond motifs is 8. The second kappa shape index (κ2) is 11.9. The Hall–Kier alpha value is -6.73. The molecule has 0 amide bonds. The number of nitrogens with zero attached hydrogens (tertiary/aromatic N) is 3. The Morgan fingerprint density at radius 2 is 0.833 bits per heavy atom. The second-order valence-corrected chi connectivity index (χ2v) is 11.5. The predicted molar refractivity (Wildman–Crippen MR) is 188 cm³/mol. The first-order valence-electron chi connectivity index (χ1n) is 15.5. The van der Waals surface area contributed by atoms with Gasteiger partial charge >= 0.3 is 0 Å². The van der Waals surface area contributed by atoms with Crippen LogP contribution in [0.15, 0.2) is 127 Å². The summed E-state index contributed by atoms with van der Waals surface area (Å²) in [5, 5.41) is 0. The monoisotopic (exact) mass is 622 g/mol. The van der Waals surface area contributed by atoms with Crippen molar-refractivity contribution in [1.29, 1.82) is 0 Å². The van der Waals surface area contributed by atoms with Gasteiger partial charge in [-0.3, -0.25) is 19.0 Å². The third-order valence-electron chi connectivity index (χ3n) is 8.27. The van der Waals surface area contributed by atoms with E-state index in [2.05, 4.69) is 4.98 Å². The molecule has 0 unspecified atom stereocenters. The minimum Gasteiger partial charge on any atom is -0.355 e. The van der Waals surface area contributed by atoms with Gasteiger partial charge < -0.3 is 4.98 Å². The molecule has 0 aliphatic carbocycles. The van der Waals surface area contributed by atoms with Gasteiger partial charge in [0.05, 0.1) is 44.9 Å². The summed E-state index contributed by atoms with van der Waals surface area (Å²) >= 11 is 0. The molecule has 8 rings (SSSR count). The van der Waals surface area contributed by atoms with Crippen molar-refractivity contribution < 1.29 is 14.4 Å². The van der Waals surface area contributed by atoms with Gasteiger partial charge in [-0.15, -0.1) is 0 Å². The van der Waals surface area contributed by atoms with E-state index in [1.807, 2.05) is 66.8 Å². The molecule has 7 nitrogen and oxygen atoms in total. The highest BCUT2D eigenvalue weighted by Crippen LogP contribution is 2.32. The zero-order chi connectivity index (χ0) is 32.6. The van der Waals surface area contributed by atoms with Gasteiger partial charge in [0.1, 0.15) is 0 Å². The lowest BCUT2D eigenvalue weighted by atomic mass is 9.94. The fourth-order valence-electron chi connectivity index (χ4n) is 6.05. The van der Waals surface area contributed by atoms with Gasteiger partial charge in [-0.1, -0.05) is 78.9 Å². The van der Waals surface area contributed by atoms with Gasteiger partial charge in [0.2, 0.25) is 0 Å². The van der Waals surface area contributed by atoms with Crippen molar-refractivity contribution in [3.63, 3.8) is 0 Å². The van der Waals surface area contributed by atoms with Gasteiger partial charge in [0.25, 0.3) is 5.91 Å². The molecule has 228 valence electrons. The van der Waals surface area contributed by atoms with Crippen molar-refractivity contribution in [2.45, 2.75) is 0 Å². The number of hydrogen-bond donors (Lipinski definition) is 1. The maximum absolute atomic E-state index is 14.7. The van der Waals surface area contributed by atoms with Crippen LogP contribution in [0.3, 0.4) is 0 Å². The van der Waals surface area contributed by atoms with Crippen LogP contribution in [0.4, 0.5) is 0 Å². The number of carbonyl (C=O) groups excluding carboxylic acids is 3. The number of aromatic nitrogens is 4. The van der Waals surface area contributed by atoms with E-state index in [0.29, 0.717) is 39.5 Å². The van der Waals surface area contributed by atoms with Gasteiger partial charge in [-0.25, -0.2) is 9.97 Å². The number of nitrogens with one attached hydrogen (secondary N) is 1. The summed E-state index contributed by atoms with van der Waals surface area (Å²) in [6, 6.07) is 37.5. The molecule has 0 saturated carbocycles. The summed E-state index contributed by atoms with van der Waals surface area (Å²) in [7, 11) is 0. The molecule has 2 aliphatic heterocycles. The highest BCUT2D eigenvalue weighted by molar-refractivity contribution is 6.28. The number of hydrogen-bond acceptors (Lipinski definition) is 5. The number of ketones is 2. The smallest absolute Gasteiger partial charge is 0.262 e. The fraction of sp³-hybridized carbons (Fsp3) is 0. The standard InChI is InChI=1S/C41H26N4O3/c46-39(26-10-4-1-5-11-26)37-35-24-33-20-18-31(43-33)22-29-16-17-30(42-29)23-32-19-21-34(44-32)25-36(38(37)40(47)27-12-6-2-7-13-27)45(35)41(48)28-14-8-3-9-15-28/h1-25,42H. The molecule has 0 spiro atoms. The molecular weight excluding hydrogens is 596 g/mol. The van der Waals surface area contributed by atoms with E-state index in [4.69, 9.17) is 9.97 Å². The minimum absolute atomic E-state index is 0.107. The summed E-state index contributed by atoms with van der Waals surface area (Å²) in [5.41, 5.74) is 5.99. The summed E-state index contributed by atoms with van der Waals surface area (Å²) in [6.45, 7) is 0. The van der Waals surface area contributed by atoms with Crippen LogP contribution in [0, 0.1) is 0 Å². The first kappa shape index (κ1) is 28.7. The zero-order valence-corrected chi connectivity index (χ0v) is 25.5. The highest BCUT2D eigenvalue weighted by Gasteiger charge is 2.31. The van der Waals surface area contributed by atoms with Crippen LogP contribution in [0.1, 0.15) is 65.0 Å². The van der Waals surface area contributed by atoms with Crippen molar-refractivity contribution in [3.8, 4) is 0 Å². The lowest BCUT2D eigenvalue weighted by Crippen LogP contribution is -2.12. The van der Waals surface area contributed by atoms with E-state index in [1.165, 1.54) is 4.57 Å². The van der Waals surface area contributed by atoms with E-state index < -0.39 is 17.5 Å². The molecule has 0 fully saturated rings. The van der Waals surface area contributed by atoms with Crippen LogP contribution in [0.2, 0.25) is 0 Å². The summed E-state index contributed by atoms with van der Waals surface area (Å²) in [5.74, 6) is -1.19. The molecule has 1 N–H and O–H groups in total. The number of benzene rings is 3. The van der Waals surface area contributed by atoms with Crippen LogP contribution >= 0.6 is 0 Å². The Morgan fingerprint density at radius 1 is 0.458 bits per heavy atom. The predicted octanol–water partition coefficient (Wildman–Crippen LogP) is 8.28. The molecule has 7 heteroatoms. The van der Waals surface area contributed by atoms with E-state index in [0.717, 1.165) is 11.0 Å². The third-order valence-corrected chi connectivity index (χ3v) is 8.27. The van der Waals surface area contributed by atoms with Crippen molar-refractivity contribution >= 4 is 63.8 Å².